The summed E-state index contributed by atoms with van der Waals surface area (Å²) < 4.78 is 22.3. The molecule has 8 heteroatoms. The Morgan fingerprint density at radius 2 is 1.59 bits per heavy atom. The third-order valence-electron chi connectivity index (χ3n) is 5.83. The Bertz CT molecular complexity index is 1140. The number of carbonyl (C=O) groups is 1. The molecule has 0 unspecified atom stereocenters. The Morgan fingerprint density at radius 1 is 0.941 bits per heavy atom. The number of amides is 2. The highest BCUT2D eigenvalue weighted by molar-refractivity contribution is 6.30. The van der Waals surface area contributed by atoms with E-state index in [2.05, 4.69) is 5.32 Å². The fraction of sp³-hybridized carbons (Fsp3) is 0.269. The lowest BCUT2D eigenvalue weighted by atomic mass is 9.92. The van der Waals surface area contributed by atoms with Crippen molar-refractivity contribution in [2.24, 2.45) is 0 Å². The zero-order valence-corrected chi connectivity index (χ0v) is 20.1. The fourth-order valence-electron chi connectivity index (χ4n) is 4.03. The van der Waals surface area contributed by atoms with Gasteiger partial charge < -0.3 is 29.2 Å². The molecule has 0 bridgehead atoms. The average molecular weight is 483 g/mol. The van der Waals surface area contributed by atoms with Gasteiger partial charge in [-0.05, 0) is 78.2 Å². The number of nitrogens with one attached hydrogen (secondary N) is 1. The number of rotatable bonds is 7. The molecule has 2 amide bonds. The van der Waals surface area contributed by atoms with Crippen molar-refractivity contribution < 1.29 is 23.7 Å². The molecule has 0 radical (unpaired) electrons. The van der Waals surface area contributed by atoms with E-state index in [9.17, 15) is 4.79 Å². The quantitative estimate of drug-likeness (QED) is 0.476. The minimum atomic E-state index is -0.335. The normalized spacial score (nSPS) is 14.7. The van der Waals surface area contributed by atoms with Crippen molar-refractivity contribution in [2.75, 3.05) is 39.8 Å². The highest BCUT2D eigenvalue weighted by Gasteiger charge is 2.33. The molecule has 0 saturated heterocycles. The summed E-state index contributed by atoms with van der Waals surface area (Å²) in [7, 11) is 4.83. The summed E-state index contributed by atoms with van der Waals surface area (Å²) in [5.74, 6) is 2.70. The second-order valence-corrected chi connectivity index (χ2v) is 8.23. The van der Waals surface area contributed by atoms with Crippen LogP contribution >= 0.6 is 11.6 Å². The molecule has 1 aliphatic heterocycles. The second kappa shape index (κ2) is 10.6. The molecule has 4 rings (SSSR count). The first-order valence-corrected chi connectivity index (χ1v) is 11.2. The van der Waals surface area contributed by atoms with Gasteiger partial charge in [-0.3, -0.25) is 0 Å². The smallest absolute Gasteiger partial charge is 0.322 e. The number of hydrogen-bond acceptors (Lipinski definition) is 5. The lowest BCUT2D eigenvalue weighted by molar-refractivity contribution is 0.144. The van der Waals surface area contributed by atoms with Crippen LogP contribution in [0.3, 0.4) is 0 Å². The minimum Gasteiger partial charge on any atom is -0.497 e. The predicted molar refractivity (Wildman–Crippen MR) is 132 cm³/mol. The van der Waals surface area contributed by atoms with Crippen molar-refractivity contribution in [1.29, 1.82) is 0 Å². The Hall–Kier alpha value is -3.58. The summed E-state index contributed by atoms with van der Waals surface area (Å²) in [6, 6.07) is 17.7. The zero-order chi connectivity index (χ0) is 24.1. The monoisotopic (exact) mass is 482 g/mol. The number of carbonyl (C=O) groups excluding carboxylic acids is 1. The Kier molecular flexibility index (Phi) is 7.33. The molecule has 1 heterocycles. The van der Waals surface area contributed by atoms with Gasteiger partial charge in [0.15, 0.2) is 11.5 Å². The van der Waals surface area contributed by atoms with E-state index in [1.807, 2.05) is 36.4 Å². The molecule has 1 N–H and O–H groups in total. The van der Waals surface area contributed by atoms with Crippen LogP contribution in [-0.2, 0) is 6.42 Å². The summed E-state index contributed by atoms with van der Waals surface area (Å²) >= 11 is 5.98. The highest BCUT2D eigenvalue weighted by atomic mass is 35.5. The Balaban J connectivity index is 1.62. The maximum absolute atomic E-state index is 13.3. The molecule has 0 aliphatic carbocycles. The number of halogens is 1. The number of anilines is 1. The minimum absolute atomic E-state index is 0.217. The van der Waals surface area contributed by atoms with Crippen LogP contribution in [0, 0.1) is 0 Å². The molecule has 178 valence electrons. The third-order valence-corrected chi connectivity index (χ3v) is 6.08. The maximum atomic E-state index is 13.3. The molecule has 0 aromatic heterocycles. The van der Waals surface area contributed by atoms with Crippen LogP contribution in [0.5, 0.6) is 23.0 Å². The van der Waals surface area contributed by atoms with Crippen LogP contribution < -0.4 is 24.3 Å². The van der Waals surface area contributed by atoms with E-state index < -0.39 is 0 Å². The molecule has 3 aromatic carbocycles. The van der Waals surface area contributed by atoms with Crippen LogP contribution in [0.1, 0.15) is 17.2 Å². The van der Waals surface area contributed by atoms with E-state index in [-0.39, 0.29) is 18.7 Å². The van der Waals surface area contributed by atoms with Gasteiger partial charge in [0.25, 0.3) is 0 Å². The van der Waals surface area contributed by atoms with E-state index in [0.29, 0.717) is 40.9 Å². The molecule has 1 atom stereocenters. The van der Waals surface area contributed by atoms with Crippen LogP contribution in [0.15, 0.2) is 60.7 Å². The second-order valence-electron chi connectivity index (χ2n) is 7.79. The van der Waals surface area contributed by atoms with Crippen LogP contribution in [0.4, 0.5) is 10.5 Å². The Labute approximate surface area is 204 Å². The molecule has 0 fully saturated rings. The first-order valence-electron chi connectivity index (χ1n) is 10.9. The number of nitrogens with zero attached hydrogens (tertiary/aromatic N) is 1. The van der Waals surface area contributed by atoms with E-state index in [4.69, 9.17) is 30.5 Å². The zero-order valence-electron chi connectivity index (χ0n) is 19.3. The molecular formula is C26H27ClN2O5. The van der Waals surface area contributed by atoms with E-state index in [0.717, 1.165) is 16.9 Å². The maximum Gasteiger partial charge on any atom is 0.322 e. The number of methoxy groups -OCH3 is 3. The van der Waals surface area contributed by atoms with E-state index in [1.54, 1.807) is 50.5 Å². The number of benzene rings is 3. The molecule has 1 aliphatic rings. The number of urea groups is 1. The van der Waals surface area contributed by atoms with Gasteiger partial charge >= 0.3 is 6.03 Å². The summed E-state index contributed by atoms with van der Waals surface area (Å²) in [5.41, 5.74) is 2.72. The summed E-state index contributed by atoms with van der Waals surface area (Å²) in [5, 5.41) is 3.57. The van der Waals surface area contributed by atoms with Gasteiger partial charge in [-0.1, -0.05) is 11.6 Å². The largest absolute Gasteiger partial charge is 0.497 e. The molecular weight excluding hydrogens is 456 g/mol. The topological polar surface area (TPSA) is 69.3 Å². The van der Waals surface area contributed by atoms with Crippen molar-refractivity contribution >= 4 is 23.3 Å². The van der Waals surface area contributed by atoms with Crippen LogP contribution in [0.25, 0.3) is 0 Å². The fourth-order valence-corrected chi connectivity index (χ4v) is 4.15. The molecule has 7 nitrogen and oxygen atoms in total. The van der Waals surface area contributed by atoms with Crippen molar-refractivity contribution in [2.45, 2.75) is 12.5 Å². The average Bonchev–Trinajstić information content (AvgIpc) is 2.87. The number of ether oxygens (including phenoxy) is 4. The van der Waals surface area contributed by atoms with Gasteiger partial charge in [0.05, 0.1) is 27.4 Å². The molecule has 0 saturated carbocycles. The Morgan fingerprint density at radius 3 is 2.24 bits per heavy atom. The third kappa shape index (κ3) is 5.15. The number of fused-ring (bicyclic) bond motifs is 1. The number of hydrogen-bond donors (Lipinski definition) is 1. The molecule has 0 spiro atoms. The lowest BCUT2D eigenvalue weighted by Gasteiger charge is -2.37. The van der Waals surface area contributed by atoms with Gasteiger partial charge in [-0.2, -0.15) is 0 Å². The van der Waals surface area contributed by atoms with Gasteiger partial charge in [0.1, 0.15) is 18.1 Å². The van der Waals surface area contributed by atoms with Gasteiger partial charge in [-0.15, -0.1) is 0 Å². The standard InChI is InChI=1S/C26H27ClN2O5/c1-31-20-8-10-21(11-9-20)34-16-23-22-15-25(33-3)24(32-2)14-17(22)12-13-29(23)26(30)28-19-6-4-18(27)5-7-19/h4-11,14-15,23H,12-13,16H2,1-3H3,(H,28,30)/t23-/m1/s1. The van der Waals surface area contributed by atoms with E-state index >= 15 is 0 Å². The van der Waals surface area contributed by atoms with Gasteiger partial charge in [0.2, 0.25) is 0 Å². The summed E-state index contributed by atoms with van der Waals surface area (Å²) in [4.78, 5) is 15.1. The summed E-state index contributed by atoms with van der Waals surface area (Å²) in [6.45, 7) is 0.793. The first kappa shape index (κ1) is 23.6. The molecule has 3 aromatic rings. The van der Waals surface area contributed by atoms with E-state index in [1.165, 1.54) is 0 Å². The summed E-state index contributed by atoms with van der Waals surface area (Å²) in [6.07, 6.45) is 0.683. The van der Waals surface area contributed by atoms with Crippen LogP contribution in [0.2, 0.25) is 5.02 Å². The highest BCUT2D eigenvalue weighted by Crippen LogP contribution is 2.38. The lowest BCUT2D eigenvalue weighted by Crippen LogP contribution is -2.44. The van der Waals surface area contributed by atoms with Crippen molar-refractivity contribution in [3.63, 3.8) is 0 Å². The van der Waals surface area contributed by atoms with Gasteiger partial charge in [0, 0.05) is 17.3 Å². The van der Waals surface area contributed by atoms with Crippen molar-refractivity contribution in [3.05, 3.63) is 76.8 Å². The van der Waals surface area contributed by atoms with Gasteiger partial charge in [-0.25, -0.2) is 4.79 Å². The van der Waals surface area contributed by atoms with Crippen molar-refractivity contribution in [1.82, 2.24) is 4.90 Å². The SMILES string of the molecule is COc1ccc(OC[C@@H]2c3cc(OC)c(OC)cc3CCN2C(=O)Nc2ccc(Cl)cc2)cc1. The van der Waals surface area contributed by atoms with Crippen LogP contribution in [-0.4, -0.2) is 45.4 Å². The van der Waals surface area contributed by atoms with Crippen molar-refractivity contribution in [3.8, 4) is 23.0 Å². The molecule has 34 heavy (non-hydrogen) atoms. The first-order chi connectivity index (χ1) is 16.5. The predicted octanol–water partition coefficient (Wildman–Crippen LogP) is 5.58.